The molecule has 21 heavy (non-hydrogen) atoms. The molecule has 7 heteroatoms. The van der Waals surface area contributed by atoms with E-state index in [2.05, 4.69) is 4.98 Å². The van der Waals surface area contributed by atoms with E-state index < -0.39 is 11.7 Å². The molecule has 0 aromatic carbocycles. The topological polar surface area (TPSA) is 25.4 Å². The maximum absolute atomic E-state index is 12.6. The molecule has 1 aromatic heterocycles. The van der Waals surface area contributed by atoms with Crippen LogP contribution in [0.2, 0.25) is 5.02 Å². The fourth-order valence-electron chi connectivity index (χ4n) is 3.95. The van der Waals surface area contributed by atoms with Gasteiger partial charge in [-0.2, -0.15) is 13.2 Å². The molecule has 3 nitrogen and oxygen atoms in total. The van der Waals surface area contributed by atoms with E-state index in [0.29, 0.717) is 29.9 Å². The van der Waals surface area contributed by atoms with Gasteiger partial charge >= 0.3 is 6.18 Å². The highest BCUT2D eigenvalue weighted by molar-refractivity contribution is 6.33. The van der Waals surface area contributed by atoms with Crippen molar-refractivity contribution in [1.29, 1.82) is 0 Å². The van der Waals surface area contributed by atoms with E-state index in [9.17, 15) is 13.2 Å². The number of hydrogen-bond acceptors (Lipinski definition) is 3. The van der Waals surface area contributed by atoms with Crippen LogP contribution < -0.4 is 4.90 Å². The molecular formula is C14H14ClF3N2O. The Labute approximate surface area is 125 Å². The fraction of sp³-hybridized carbons (Fsp3) is 0.643. The predicted molar refractivity (Wildman–Crippen MR) is 71.3 cm³/mol. The number of alkyl halides is 3. The molecule has 3 aliphatic heterocycles. The number of fused-ring (bicyclic) bond motifs is 5. The Morgan fingerprint density at radius 2 is 1.81 bits per heavy atom. The number of pyridine rings is 1. The van der Waals surface area contributed by atoms with Crippen molar-refractivity contribution in [3.63, 3.8) is 0 Å². The summed E-state index contributed by atoms with van der Waals surface area (Å²) in [6, 6.07) is 0.961. The van der Waals surface area contributed by atoms with Crippen molar-refractivity contribution >= 4 is 17.4 Å². The lowest BCUT2D eigenvalue weighted by Crippen LogP contribution is -2.25. The van der Waals surface area contributed by atoms with Crippen molar-refractivity contribution in [2.45, 2.75) is 31.2 Å². The molecule has 114 valence electrons. The summed E-state index contributed by atoms with van der Waals surface area (Å²) in [5.41, 5.74) is -0.806. The van der Waals surface area contributed by atoms with Gasteiger partial charge in [0.1, 0.15) is 5.82 Å². The third kappa shape index (κ3) is 2.11. The molecule has 4 heterocycles. The van der Waals surface area contributed by atoms with Gasteiger partial charge in [0.15, 0.2) is 0 Å². The summed E-state index contributed by atoms with van der Waals surface area (Å²) >= 11 is 6.03. The van der Waals surface area contributed by atoms with Gasteiger partial charge in [0.25, 0.3) is 0 Å². The first-order valence-electron chi connectivity index (χ1n) is 7.06. The SMILES string of the molecule is FC(F)(F)c1cnc(N2C[C@@H]3[C@H](C2)[C@H]2CC[C@@H]3O2)c(Cl)c1. The highest BCUT2D eigenvalue weighted by atomic mass is 35.5. The van der Waals surface area contributed by atoms with Gasteiger partial charge < -0.3 is 9.64 Å². The Hall–Kier alpha value is -1.01. The quantitative estimate of drug-likeness (QED) is 0.794. The van der Waals surface area contributed by atoms with Crippen molar-refractivity contribution in [2.75, 3.05) is 18.0 Å². The summed E-state index contributed by atoms with van der Waals surface area (Å²) in [5.74, 6) is 1.38. The van der Waals surface area contributed by atoms with Crippen molar-refractivity contribution in [3.05, 3.63) is 22.8 Å². The van der Waals surface area contributed by atoms with Gasteiger partial charge in [-0.15, -0.1) is 0 Å². The molecule has 4 rings (SSSR count). The molecular weight excluding hydrogens is 305 g/mol. The molecule has 0 saturated carbocycles. The molecule has 1 aromatic rings. The zero-order chi connectivity index (χ0) is 14.8. The van der Waals surface area contributed by atoms with Crippen LogP contribution in [0.3, 0.4) is 0 Å². The van der Waals surface area contributed by atoms with Crippen LogP contribution in [-0.4, -0.2) is 30.3 Å². The summed E-state index contributed by atoms with van der Waals surface area (Å²) in [4.78, 5) is 5.96. The molecule has 0 radical (unpaired) electrons. The smallest absolute Gasteiger partial charge is 0.374 e. The van der Waals surface area contributed by atoms with Crippen molar-refractivity contribution in [2.24, 2.45) is 11.8 Å². The van der Waals surface area contributed by atoms with E-state index in [4.69, 9.17) is 16.3 Å². The van der Waals surface area contributed by atoms with Gasteiger partial charge in [-0.3, -0.25) is 0 Å². The third-order valence-electron chi connectivity index (χ3n) is 4.90. The van der Waals surface area contributed by atoms with Crippen molar-refractivity contribution < 1.29 is 17.9 Å². The molecule has 3 fully saturated rings. The van der Waals surface area contributed by atoms with Crippen molar-refractivity contribution in [1.82, 2.24) is 4.98 Å². The largest absolute Gasteiger partial charge is 0.417 e. The summed E-state index contributed by atoms with van der Waals surface area (Å²) in [6.45, 7) is 1.54. The lowest BCUT2D eigenvalue weighted by molar-refractivity contribution is -0.137. The standard InChI is InChI=1S/C14H14ClF3N2O/c15-10-3-7(14(16,17)18)4-19-13(10)20-5-8-9(6-20)12-2-1-11(8)21-12/h3-4,8-9,11-12H,1-2,5-6H2/t8-,9+,11+,12-. The Morgan fingerprint density at radius 3 is 2.33 bits per heavy atom. The Morgan fingerprint density at radius 1 is 1.19 bits per heavy atom. The number of ether oxygens (including phenoxy) is 1. The monoisotopic (exact) mass is 318 g/mol. The van der Waals surface area contributed by atoms with Gasteiger partial charge in [0, 0.05) is 31.1 Å². The molecule has 2 bridgehead atoms. The van der Waals surface area contributed by atoms with Gasteiger partial charge in [-0.05, 0) is 18.9 Å². The van der Waals surface area contributed by atoms with Crippen LogP contribution in [0, 0.1) is 11.8 Å². The van der Waals surface area contributed by atoms with Crippen LogP contribution in [0.4, 0.5) is 19.0 Å². The second-order valence-electron chi connectivity index (χ2n) is 6.05. The van der Waals surface area contributed by atoms with Gasteiger partial charge in [-0.1, -0.05) is 11.6 Å². The first-order valence-corrected chi connectivity index (χ1v) is 7.44. The normalized spacial score (nSPS) is 34.6. The number of nitrogens with zero attached hydrogens (tertiary/aromatic N) is 2. The number of hydrogen-bond donors (Lipinski definition) is 0. The molecule has 3 aliphatic rings. The van der Waals surface area contributed by atoms with Crippen LogP contribution in [0.25, 0.3) is 0 Å². The van der Waals surface area contributed by atoms with Crippen LogP contribution in [0.1, 0.15) is 18.4 Å². The van der Waals surface area contributed by atoms with E-state index >= 15 is 0 Å². The third-order valence-corrected chi connectivity index (χ3v) is 5.18. The highest BCUT2D eigenvalue weighted by Crippen LogP contribution is 2.48. The second kappa shape index (κ2) is 4.49. The lowest BCUT2D eigenvalue weighted by atomic mass is 9.82. The molecule has 0 unspecified atom stereocenters. The number of aromatic nitrogens is 1. The average molecular weight is 319 g/mol. The highest BCUT2D eigenvalue weighted by Gasteiger charge is 2.53. The zero-order valence-electron chi connectivity index (χ0n) is 11.1. The summed E-state index contributed by atoms with van der Waals surface area (Å²) in [5, 5.41) is 0.0677. The Kier molecular flexibility index (Phi) is 2.92. The maximum atomic E-state index is 12.6. The zero-order valence-corrected chi connectivity index (χ0v) is 11.9. The van der Waals surface area contributed by atoms with Gasteiger partial charge in [0.2, 0.25) is 0 Å². The predicted octanol–water partition coefficient (Wildman–Crippen LogP) is 3.37. The number of rotatable bonds is 1. The van der Waals surface area contributed by atoms with E-state index in [-0.39, 0.29) is 5.02 Å². The van der Waals surface area contributed by atoms with E-state index in [0.717, 1.165) is 38.2 Å². The first kappa shape index (κ1) is 13.6. The molecule has 0 amide bonds. The molecule has 0 N–H and O–H groups in total. The van der Waals surface area contributed by atoms with Crippen LogP contribution in [0.5, 0.6) is 0 Å². The average Bonchev–Trinajstić information content (AvgIpc) is 3.09. The Bertz CT molecular complexity index is 562. The maximum Gasteiger partial charge on any atom is 0.417 e. The van der Waals surface area contributed by atoms with Crippen LogP contribution in [-0.2, 0) is 10.9 Å². The molecule has 4 atom stereocenters. The van der Waals surface area contributed by atoms with Gasteiger partial charge in [0.05, 0.1) is 22.8 Å². The minimum Gasteiger partial charge on any atom is -0.374 e. The van der Waals surface area contributed by atoms with Gasteiger partial charge in [-0.25, -0.2) is 4.98 Å². The molecule has 0 aliphatic carbocycles. The van der Waals surface area contributed by atoms with E-state index in [1.807, 2.05) is 4.90 Å². The number of anilines is 1. The first-order chi connectivity index (χ1) is 9.93. The summed E-state index contributed by atoms with van der Waals surface area (Å²) < 4.78 is 43.8. The van der Waals surface area contributed by atoms with Crippen LogP contribution >= 0.6 is 11.6 Å². The van der Waals surface area contributed by atoms with E-state index in [1.165, 1.54) is 0 Å². The van der Waals surface area contributed by atoms with Crippen molar-refractivity contribution in [3.8, 4) is 0 Å². The second-order valence-corrected chi connectivity index (χ2v) is 6.46. The fourth-order valence-corrected chi connectivity index (χ4v) is 4.24. The minimum absolute atomic E-state index is 0.0677. The summed E-state index contributed by atoms with van der Waals surface area (Å²) in [7, 11) is 0. The Balaban J connectivity index is 1.58. The molecule has 0 spiro atoms. The molecule has 3 saturated heterocycles. The number of halogens is 4. The van der Waals surface area contributed by atoms with E-state index in [1.54, 1.807) is 0 Å². The summed E-state index contributed by atoms with van der Waals surface area (Å²) in [6.07, 6.45) is -0.761. The van der Waals surface area contributed by atoms with Crippen LogP contribution in [0.15, 0.2) is 12.3 Å². The minimum atomic E-state index is -4.41. The lowest BCUT2D eigenvalue weighted by Gasteiger charge is -2.21.